The normalized spacial score (nSPS) is 18.5. The molecule has 1 heterocycles. The van der Waals surface area contributed by atoms with Crippen molar-refractivity contribution in [1.82, 2.24) is 4.98 Å². The fourth-order valence-corrected chi connectivity index (χ4v) is 2.60. The van der Waals surface area contributed by atoms with Gasteiger partial charge >= 0.3 is 0 Å². The molecule has 0 bridgehead atoms. The van der Waals surface area contributed by atoms with Crippen LogP contribution in [0.2, 0.25) is 0 Å². The van der Waals surface area contributed by atoms with Crippen LogP contribution in [0.25, 0.3) is 0 Å². The number of pyridine rings is 1. The monoisotopic (exact) mass is 259 g/mol. The SMILES string of the molecule is N#Cc1ncccc1COCC1(N)CCCCCC1. The number of nitriles is 1. The first kappa shape index (κ1) is 14.0. The topological polar surface area (TPSA) is 71.9 Å². The van der Waals surface area contributed by atoms with E-state index in [-0.39, 0.29) is 5.54 Å². The van der Waals surface area contributed by atoms with Crippen LogP contribution in [0.4, 0.5) is 0 Å². The maximum Gasteiger partial charge on any atom is 0.145 e. The molecule has 4 nitrogen and oxygen atoms in total. The van der Waals surface area contributed by atoms with E-state index in [0.29, 0.717) is 18.9 Å². The third kappa shape index (κ3) is 4.02. The second-order valence-corrected chi connectivity index (χ2v) is 5.39. The van der Waals surface area contributed by atoms with Gasteiger partial charge in [0.1, 0.15) is 11.8 Å². The van der Waals surface area contributed by atoms with Gasteiger partial charge < -0.3 is 10.5 Å². The molecule has 1 aromatic rings. The standard InChI is InChI=1S/C15H21N3O/c16-10-14-13(6-5-9-18-14)11-19-12-15(17)7-3-1-2-4-8-15/h5-6,9H,1-4,7-8,11-12,17H2. The number of rotatable bonds is 4. The van der Waals surface area contributed by atoms with E-state index >= 15 is 0 Å². The quantitative estimate of drug-likeness (QED) is 0.843. The highest BCUT2D eigenvalue weighted by atomic mass is 16.5. The molecule has 0 unspecified atom stereocenters. The Labute approximate surface area is 114 Å². The molecule has 0 aromatic carbocycles. The van der Waals surface area contributed by atoms with Gasteiger partial charge in [-0.25, -0.2) is 4.98 Å². The number of nitrogens with zero attached hydrogens (tertiary/aromatic N) is 2. The molecule has 0 atom stereocenters. The summed E-state index contributed by atoms with van der Waals surface area (Å²) in [5, 5.41) is 8.96. The van der Waals surface area contributed by atoms with Crippen LogP contribution in [0.3, 0.4) is 0 Å². The molecule has 1 fully saturated rings. The van der Waals surface area contributed by atoms with Crippen molar-refractivity contribution in [1.29, 1.82) is 5.26 Å². The van der Waals surface area contributed by atoms with Crippen molar-refractivity contribution in [3.05, 3.63) is 29.6 Å². The first-order valence-corrected chi connectivity index (χ1v) is 6.94. The Balaban J connectivity index is 1.87. The van der Waals surface area contributed by atoms with Crippen molar-refractivity contribution in [2.45, 2.75) is 50.7 Å². The Morgan fingerprint density at radius 2 is 2.05 bits per heavy atom. The maximum atomic E-state index is 8.96. The highest BCUT2D eigenvalue weighted by Gasteiger charge is 2.26. The summed E-state index contributed by atoms with van der Waals surface area (Å²) in [7, 11) is 0. The summed E-state index contributed by atoms with van der Waals surface area (Å²) in [6, 6.07) is 5.78. The molecule has 1 aliphatic carbocycles. The van der Waals surface area contributed by atoms with Crippen LogP contribution in [0, 0.1) is 11.3 Å². The van der Waals surface area contributed by atoms with Crippen LogP contribution in [0.15, 0.2) is 18.3 Å². The summed E-state index contributed by atoms with van der Waals surface area (Å²) >= 11 is 0. The van der Waals surface area contributed by atoms with Crippen LogP contribution in [0.1, 0.15) is 49.8 Å². The molecule has 0 aliphatic heterocycles. The van der Waals surface area contributed by atoms with Gasteiger partial charge in [-0.2, -0.15) is 5.26 Å². The van der Waals surface area contributed by atoms with E-state index in [0.717, 1.165) is 18.4 Å². The molecule has 0 radical (unpaired) electrons. The number of ether oxygens (including phenoxy) is 1. The number of hydrogen-bond donors (Lipinski definition) is 1. The third-order valence-corrected chi connectivity index (χ3v) is 3.74. The minimum Gasteiger partial charge on any atom is -0.375 e. The van der Waals surface area contributed by atoms with Gasteiger partial charge in [-0.3, -0.25) is 0 Å². The summed E-state index contributed by atoms with van der Waals surface area (Å²) in [4.78, 5) is 4.02. The van der Waals surface area contributed by atoms with Gasteiger partial charge in [-0.1, -0.05) is 31.7 Å². The van der Waals surface area contributed by atoms with Gasteiger partial charge in [0.25, 0.3) is 0 Å². The molecule has 2 rings (SSSR count). The molecule has 1 aliphatic rings. The summed E-state index contributed by atoms with van der Waals surface area (Å²) in [6.45, 7) is 0.975. The lowest BCUT2D eigenvalue weighted by Crippen LogP contribution is -2.43. The van der Waals surface area contributed by atoms with Crippen molar-refractivity contribution < 1.29 is 4.74 Å². The van der Waals surface area contributed by atoms with Crippen molar-refractivity contribution in [3.63, 3.8) is 0 Å². The van der Waals surface area contributed by atoms with Crippen molar-refractivity contribution in [2.24, 2.45) is 5.73 Å². The summed E-state index contributed by atoms with van der Waals surface area (Å²) in [5.74, 6) is 0. The molecule has 4 heteroatoms. The molecular weight excluding hydrogens is 238 g/mol. The van der Waals surface area contributed by atoms with E-state index < -0.39 is 0 Å². The second-order valence-electron chi connectivity index (χ2n) is 5.39. The van der Waals surface area contributed by atoms with E-state index in [4.69, 9.17) is 15.7 Å². The Morgan fingerprint density at radius 1 is 1.32 bits per heavy atom. The molecule has 0 amide bonds. The molecule has 19 heavy (non-hydrogen) atoms. The van der Waals surface area contributed by atoms with Gasteiger partial charge in [-0.05, 0) is 18.9 Å². The van der Waals surface area contributed by atoms with Crippen molar-refractivity contribution in [2.75, 3.05) is 6.61 Å². The number of hydrogen-bond acceptors (Lipinski definition) is 4. The minimum absolute atomic E-state index is 0.189. The highest BCUT2D eigenvalue weighted by molar-refractivity contribution is 5.29. The predicted molar refractivity (Wildman–Crippen MR) is 73.2 cm³/mol. The zero-order chi connectivity index (χ0) is 13.6. The number of aromatic nitrogens is 1. The Kier molecular flexibility index (Phi) is 4.89. The van der Waals surface area contributed by atoms with Gasteiger partial charge in [0.2, 0.25) is 0 Å². The summed E-state index contributed by atoms with van der Waals surface area (Å²) < 4.78 is 5.74. The van der Waals surface area contributed by atoms with Crippen molar-refractivity contribution in [3.8, 4) is 6.07 Å². The summed E-state index contributed by atoms with van der Waals surface area (Å²) in [5.41, 5.74) is 7.47. The zero-order valence-electron chi connectivity index (χ0n) is 11.3. The zero-order valence-corrected chi connectivity index (χ0v) is 11.3. The molecule has 2 N–H and O–H groups in total. The van der Waals surface area contributed by atoms with Crippen LogP contribution in [0.5, 0.6) is 0 Å². The van der Waals surface area contributed by atoms with Crippen molar-refractivity contribution >= 4 is 0 Å². The van der Waals surface area contributed by atoms with Crippen LogP contribution in [-0.2, 0) is 11.3 Å². The third-order valence-electron chi connectivity index (χ3n) is 3.74. The van der Waals surface area contributed by atoms with E-state index in [1.165, 1.54) is 25.7 Å². The minimum atomic E-state index is -0.189. The van der Waals surface area contributed by atoms with E-state index in [1.807, 2.05) is 12.1 Å². The highest BCUT2D eigenvalue weighted by Crippen LogP contribution is 2.25. The molecule has 0 spiro atoms. The Bertz CT molecular complexity index is 445. The molecule has 1 saturated carbocycles. The Hall–Kier alpha value is -1.44. The summed E-state index contributed by atoms with van der Waals surface area (Å²) in [6.07, 6.45) is 8.63. The van der Waals surface area contributed by atoms with Gasteiger partial charge in [0.05, 0.1) is 13.2 Å². The van der Waals surface area contributed by atoms with Gasteiger partial charge in [0, 0.05) is 17.3 Å². The van der Waals surface area contributed by atoms with Crippen LogP contribution < -0.4 is 5.73 Å². The fourth-order valence-electron chi connectivity index (χ4n) is 2.60. The second kappa shape index (κ2) is 6.65. The molecule has 102 valence electrons. The average molecular weight is 259 g/mol. The predicted octanol–water partition coefficient (Wildman–Crippen LogP) is 2.52. The first-order chi connectivity index (χ1) is 9.23. The van der Waals surface area contributed by atoms with E-state index in [9.17, 15) is 0 Å². The molecule has 0 saturated heterocycles. The first-order valence-electron chi connectivity index (χ1n) is 6.94. The Morgan fingerprint density at radius 3 is 2.74 bits per heavy atom. The van der Waals surface area contributed by atoms with Crippen LogP contribution in [-0.4, -0.2) is 17.1 Å². The number of nitrogens with two attached hydrogens (primary N) is 1. The lowest BCUT2D eigenvalue weighted by atomic mass is 9.92. The largest absolute Gasteiger partial charge is 0.375 e. The van der Waals surface area contributed by atoms with E-state index in [1.54, 1.807) is 6.20 Å². The van der Waals surface area contributed by atoms with Gasteiger partial charge in [-0.15, -0.1) is 0 Å². The average Bonchev–Trinajstić information content (AvgIpc) is 2.64. The lowest BCUT2D eigenvalue weighted by Gasteiger charge is -2.27. The maximum absolute atomic E-state index is 8.96. The molecular formula is C15H21N3O. The molecule has 1 aromatic heterocycles. The fraction of sp³-hybridized carbons (Fsp3) is 0.600. The van der Waals surface area contributed by atoms with Gasteiger partial charge in [0.15, 0.2) is 0 Å². The van der Waals surface area contributed by atoms with Crippen LogP contribution >= 0.6 is 0 Å². The smallest absolute Gasteiger partial charge is 0.145 e. The van der Waals surface area contributed by atoms with E-state index in [2.05, 4.69) is 11.1 Å². The lowest BCUT2D eigenvalue weighted by molar-refractivity contribution is 0.0664.